The van der Waals surface area contributed by atoms with E-state index in [1.807, 2.05) is 0 Å². The highest BCUT2D eigenvalue weighted by molar-refractivity contribution is 5.88. The molecule has 106 valence electrons. The molecule has 0 radical (unpaired) electrons. The van der Waals surface area contributed by atoms with E-state index in [0.29, 0.717) is 31.8 Å². The van der Waals surface area contributed by atoms with Crippen molar-refractivity contribution in [3.63, 3.8) is 0 Å². The third-order valence-corrected chi connectivity index (χ3v) is 3.31. The highest BCUT2D eigenvalue weighted by Crippen LogP contribution is 2.16. The minimum absolute atomic E-state index is 0.0167. The third-order valence-electron chi connectivity index (χ3n) is 3.31. The number of carbonyl (C=O) groups excluding carboxylic acids is 2. The van der Waals surface area contributed by atoms with Gasteiger partial charge in [-0.2, -0.15) is 0 Å². The Morgan fingerprint density at radius 1 is 1.53 bits per heavy atom. The second-order valence-corrected chi connectivity index (χ2v) is 5.43. The van der Waals surface area contributed by atoms with Gasteiger partial charge in [-0.1, -0.05) is 13.8 Å². The van der Waals surface area contributed by atoms with Crippen LogP contribution in [0.25, 0.3) is 0 Å². The molecule has 4 nitrogen and oxygen atoms in total. The maximum Gasteiger partial charge on any atom is 0.242 e. The summed E-state index contributed by atoms with van der Waals surface area (Å²) in [5, 5.41) is 2.84. The molecule has 0 aliphatic carbocycles. The van der Waals surface area contributed by atoms with Gasteiger partial charge < -0.3 is 10.2 Å². The summed E-state index contributed by atoms with van der Waals surface area (Å²) in [6.07, 6.45) is 8.78. The average molecular weight is 264 g/mol. The van der Waals surface area contributed by atoms with Gasteiger partial charge in [-0.25, -0.2) is 0 Å². The van der Waals surface area contributed by atoms with Crippen LogP contribution in [0.2, 0.25) is 0 Å². The Hall–Kier alpha value is -1.50. The Morgan fingerprint density at radius 3 is 2.89 bits per heavy atom. The summed E-state index contributed by atoms with van der Waals surface area (Å²) < 4.78 is 0. The van der Waals surface area contributed by atoms with E-state index in [-0.39, 0.29) is 17.9 Å². The molecule has 1 saturated heterocycles. The van der Waals surface area contributed by atoms with Crippen LogP contribution < -0.4 is 5.32 Å². The Labute approximate surface area is 115 Å². The number of piperazine rings is 1. The van der Waals surface area contributed by atoms with Gasteiger partial charge in [0.05, 0.1) is 0 Å². The third kappa shape index (κ3) is 4.94. The molecule has 1 atom stereocenters. The number of unbranched alkanes of at least 4 members (excludes halogenated alkanes) is 2. The van der Waals surface area contributed by atoms with Gasteiger partial charge in [0, 0.05) is 25.9 Å². The predicted molar refractivity (Wildman–Crippen MR) is 75.3 cm³/mol. The molecule has 0 spiro atoms. The average Bonchev–Trinajstić information content (AvgIpc) is 2.36. The molecule has 1 aliphatic heterocycles. The molecular weight excluding hydrogens is 240 g/mol. The van der Waals surface area contributed by atoms with Crippen molar-refractivity contribution < 1.29 is 9.59 Å². The second-order valence-electron chi connectivity index (χ2n) is 5.43. The van der Waals surface area contributed by atoms with E-state index in [1.165, 1.54) is 0 Å². The molecule has 0 aromatic heterocycles. The molecular formula is C15H24N2O2. The Balaban J connectivity index is 2.53. The normalized spacial score (nSPS) is 19.2. The molecule has 0 bridgehead atoms. The number of rotatable bonds is 6. The molecule has 19 heavy (non-hydrogen) atoms. The van der Waals surface area contributed by atoms with Gasteiger partial charge in [0.25, 0.3) is 0 Å². The van der Waals surface area contributed by atoms with Crippen molar-refractivity contribution in [1.82, 2.24) is 10.2 Å². The van der Waals surface area contributed by atoms with Gasteiger partial charge >= 0.3 is 0 Å². The first-order chi connectivity index (χ1) is 9.06. The van der Waals surface area contributed by atoms with Gasteiger partial charge in [0.2, 0.25) is 11.8 Å². The van der Waals surface area contributed by atoms with E-state index in [1.54, 1.807) is 4.90 Å². The lowest BCUT2D eigenvalue weighted by molar-refractivity contribution is -0.144. The molecule has 1 rings (SSSR count). The number of nitrogens with one attached hydrogen (secondary N) is 1. The number of carbonyl (C=O) groups is 2. The molecule has 4 heteroatoms. The zero-order chi connectivity index (χ0) is 14.3. The van der Waals surface area contributed by atoms with Gasteiger partial charge in [-0.3, -0.25) is 9.59 Å². The zero-order valence-corrected chi connectivity index (χ0v) is 11.9. The zero-order valence-electron chi connectivity index (χ0n) is 11.9. The summed E-state index contributed by atoms with van der Waals surface area (Å²) in [7, 11) is 0. The first-order valence-corrected chi connectivity index (χ1v) is 7.07. The van der Waals surface area contributed by atoms with Crippen LogP contribution in [0.5, 0.6) is 0 Å². The number of hydrogen-bond acceptors (Lipinski definition) is 2. The van der Waals surface area contributed by atoms with E-state index in [0.717, 1.165) is 19.3 Å². The largest absolute Gasteiger partial charge is 0.353 e. The monoisotopic (exact) mass is 264 g/mol. The fraction of sp³-hybridized carbons (Fsp3) is 0.733. The first kappa shape index (κ1) is 15.6. The van der Waals surface area contributed by atoms with E-state index in [4.69, 9.17) is 6.42 Å². The smallest absolute Gasteiger partial charge is 0.242 e. The minimum Gasteiger partial charge on any atom is -0.353 e. The molecule has 1 heterocycles. The van der Waals surface area contributed by atoms with Crippen LogP contribution in [0.3, 0.4) is 0 Å². The van der Waals surface area contributed by atoms with Crippen LogP contribution in [0.15, 0.2) is 0 Å². The van der Waals surface area contributed by atoms with Gasteiger partial charge in [0.1, 0.15) is 6.04 Å². The molecule has 0 unspecified atom stereocenters. The molecule has 1 fully saturated rings. The van der Waals surface area contributed by atoms with E-state index >= 15 is 0 Å². The summed E-state index contributed by atoms with van der Waals surface area (Å²) in [6.45, 7) is 5.32. The van der Waals surface area contributed by atoms with Crippen LogP contribution in [-0.2, 0) is 9.59 Å². The molecule has 0 saturated carbocycles. The molecule has 0 aromatic carbocycles. The Morgan fingerprint density at radius 2 is 2.26 bits per heavy atom. The van der Waals surface area contributed by atoms with Gasteiger partial charge in [-0.15, -0.1) is 12.3 Å². The first-order valence-electron chi connectivity index (χ1n) is 7.07. The fourth-order valence-electron chi connectivity index (χ4n) is 2.34. The highest BCUT2D eigenvalue weighted by atomic mass is 16.2. The summed E-state index contributed by atoms with van der Waals surface area (Å²) >= 11 is 0. The van der Waals surface area contributed by atoms with Crippen molar-refractivity contribution in [2.45, 2.75) is 52.0 Å². The standard InChI is InChI=1S/C15H24N2O2/c1-4-5-6-7-8-14(18)17-10-9-16-15(19)13(17)11-12(2)3/h1,12-13H,5-11H2,2-3H3,(H,16,19)/t13-/m1/s1. The number of terminal acetylenes is 1. The topological polar surface area (TPSA) is 49.4 Å². The summed E-state index contributed by atoms with van der Waals surface area (Å²) in [5.41, 5.74) is 0. The second kappa shape index (κ2) is 7.83. The molecule has 1 aliphatic rings. The van der Waals surface area contributed by atoms with Crippen molar-refractivity contribution in [2.75, 3.05) is 13.1 Å². The van der Waals surface area contributed by atoms with Crippen molar-refractivity contribution >= 4 is 11.8 Å². The lowest BCUT2D eigenvalue weighted by Gasteiger charge is -2.36. The molecule has 2 amide bonds. The van der Waals surface area contributed by atoms with Gasteiger partial charge in [-0.05, 0) is 25.2 Å². The quantitative estimate of drug-likeness (QED) is 0.584. The SMILES string of the molecule is C#CCCCCC(=O)N1CCNC(=O)[C@H]1CC(C)C. The van der Waals surface area contributed by atoms with Gasteiger partial charge in [0.15, 0.2) is 0 Å². The van der Waals surface area contributed by atoms with E-state index < -0.39 is 0 Å². The maximum absolute atomic E-state index is 12.2. The van der Waals surface area contributed by atoms with Crippen LogP contribution >= 0.6 is 0 Å². The van der Waals surface area contributed by atoms with Crippen LogP contribution in [-0.4, -0.2) is 35.8 Å². The van der Waals surface area contributed by atoms with E-state index in [2.05, 4.69) is 25.1 Å². The van der Waals surface area contributed by atoms with Crippen molar-refractivity contribution in [2.24, 2.45) is 5.92 Å². The fourth-order valence-corrected chi connectivity index (χ4v) is 2.34. The Bertz CT molecular complexity index is 358. The van der Waals surface area contributed by atoms with E-state index in [9.17, 15) is 9.59 Å². The predicted octanol–water partition coefficient (Wildman–Crippen LogP) is 1.55. The highest BCUT2D eigenvalue weighted by Gasteiger charge is 2.32. The van der Waals surface area contributed by atoms with Crippen molar-refractivity contribution in [1.29, 1.82) is 0 Å². The lowest BCUT2D eigenvalue weighted by atomic mass is 9.99. The summed E-state index contributed by atoms with van der Waals surface area (Å²) in [6, 6.07) is -0.297. The maximum atomic E-state index is 12.2. The Kier molecular flexibility index (Phi) is 6.41. The van der Waals surface area contributed by atoms with Crippen molar-refractivity contribution in [3.05, 3.63) is 0 Å². The summed E-state index contributed by atoms with van der Waals surface area (Å²) in [5.74, 6) is 3.03. The van der Waals surface area contributed by atoms with Crippen LogP contribution in [0.1, 0.15) is 46.0 Å². The van der Waals surface area contributed by atoms with Crippen molar-refractivity contribution in [3.8, 4) is 12.3 Å². The summed E-state index contributed by atoms with van der Waals surface area (Å²) in [4.78, 5) is 25.8. The number of amides is 2. The number of nitrogens with zero attached hydrogens (tertiary/aromatic N) is 1. The molecule has 1 N–H and O–H groups in total. The van der Waals surface area contributed by atoms with Crippen LogP contribution in [0.4, 0.5) is 0 Å². The lowest BCUT2D eigenvalue weighted by Crippen LogP contribution is -2.57. The number of hydrogen-bond donors (Lipinski definition) is 1. The van der Waals surface area contributed by atoms with Crippen LogP contribution in [0, 0.1) is 18.3 Å². The minimum atomic E-state index is -0.297. The molecule has 0 aromatic rings.